The molecular weight excluding hydrogens is 314 g/mol. The van der Waals surface area contributed by atoms with E-state index in [2.05, 4.69) is 20.9 Å². The number of rotatable bonds is 3. The summed E-state index contributed by atoms with van der Waals surface area (Å²) in [4.78, 5) is 26.1. The maximum Gasteiger partial charge on any atom is 0.283 e. The highest BCUT2D eigenvalue weighted by atomic mass is 79.9. The number of hydrogen-bond acceptors (Lipinski definition) is 4. The van der Waals surface area contributed by atoms with Crippen molar-refractivity contribution in [2.75, 3.05) is 0 Å². The Kier molecular flexibility index (Phi) is 3.75. The normalized spacial score (nSPS) is 10.4. The molecule has 0 aliphatic carbocycles. The average Bonchev–Trinajstić information content (AvgIpc) is 2.34. The Morgan fingerprint density at radius 1 is 1.42 bits per heavy atom. The van der Waals surface area contributed by atoms with Crippen LogP contribution in [-0.4, -0.2) is 14.5 Å². The molecule has 0 spiro atoms. The Morgan fingerprint density at radius 3 is 2.79 bits per heavy atom. The Morgan fingerprint density at radius 2 is 2.16 bits per heavy atom. The molecule has 2 aromatic rings. The molecule has 0 radical (unpaired) electrons. The number of hydrogen-bond donors (Lipinski definition) is 0. The first-order valence-electron chi connectivity index (χ1n) is 5.43. The van der Waals surface area contributed by atoms with E-state index in [1.165, 1.54) is 23.0 Å². The fraction of sp³-hybridized carbons (Fsp3) is 0.167. The van der Waals surface area contributed by atoms with Crippen LogP contribution in [0.2, 0.25) is 0 Å². The van der Waals surface area contributed by atoms with Gasteiger partial charge in [-0.1, -0.05) is 6.07 Å². The van der Waals surface area contributed by atoms with Crippen molar-refractivity contribution in [3.05, 3.63) is 66.8 Å². The van der Waals surface area contributed by atoms with Crippen LogP contribution in [-0.2, 0) is 6.54 Å². The summed E-state index contributed by atoms with van der Waals surface area (Å²) >= 11 is 3.12. The van der Waals surface area contributed by atoms with Gasteiger partial charge in [0.15, 0.2) is 0 Å². The van der Waals surface area contributed by atoms with Gasteiger partial charge in [0.05, 0.1) is 22.3 Å². The van der Waals surface area contributed by atoms with Gasteiger partial charge in [0.2, 0.25) is 0 Å². The molecule has 0 saturated heterocycles. The smallest absolute Gasteiger partial charge is 0.283 e. The lowest BCUT2D eigenvalue weighted by atomic mass is 10.2. The molecule has 1 heterocycles. The highest BCUT2D eigenvalue weighted by Gasteiger charge is 2.12. The predicted octanol–water partition coefficient (Wildman–Crippen LogP) is 2.27. The summed E-state index contributed by atoms with van der Waals surface area (Å²) in [7, 11) is 0. The van der Waals surface area contributed by atoms with E-state index < -0.39 is 4.92 Å². The molecule has 19 heavy (non-hydrogen) atoms. The lowest BCUT2D eigenvalue weighted by Gasteiger charge is -2.06. The summed E-state index contributed by atoms with van der Waals surface area (Å²) in [5.41, 5.74) is 1.11. The van der Waals surface area contributed by atoms with E-state index in [0.717, 1.165) is 0 Å². The number of nitro groups is 1. The Hall–Kier alpha value is -2.02. The van der Waals surface area contributed by atoms with E-state index in [9.17, 15) is 14.9 Å². The summed E-state index contributed by atoms with van der Waals surface area (Å²) in [5, 5.41) is 10.8. The van der Waals surface area contributed by atoms with Crippen LogP contribution in [0.4, 0.5) is 5.69 Å². The van der Waals surface area contributed by atoms with Crippen molar-refractivity contribution < 1.29 is 4.92 Å². The fourth-order valence-corrected chi connectivity index (χ4v) is 2.02. The molecule has 6 nitrogen and oxygen atoms in total. The number of aryl methyl sites for hydroxylation is 1. The monoisotopic (exact) mass is 323 g/mol. The van der Waals surface area contributed by atoms with Crippen LogP contribution in [0.15, 0.2) is 39.9 Å². The first-order chi connectivity index (χ1) is 8.97. The van der Waals surface area contributed by atoms with Crippen LogP contribution in [0, 0.1) is 17.0 Å². The third-order valence-electron chi connectivity index (χ3n) is 2.58. The van der Waals surface area contributed by atoms with Gasteiger partial charge in [0.25, 0.3) is 11.2 Å². The molecular formula is C12H10BrN3O3. The SMILES string of the molecule is Cc1cc(=O)n(Cc2ccc(Br)c([N+](=O)[O-])c2)cn1. The summed E-state index contributed by atoms with van der Waals surface area (Å²) in [6, 6.07) is 6.19. The summed E-state index contributed by atoms with van der Waals surface area (Å²) in [6.07, 6.45) is 1.44. The molecule has 0 amide bonds. The fourth-order valence-electron chi connectivity index (χ4n) is 1.63. The van der Waals surface area contributed by atoms with E-state index >= 15 is 0 Å². The van der Waals surface area contributed by atoms with Gasteiger partial charge in [0.1, 0.15) is 0 Å². The quantitative estimate of drug-likeness (QED) is 0.641. The van der Waals surface area contributed by atoms with Crippen LogP contribution in [0.5, 0.6) is 0 Å². The van der Waals surface area contributed by atoms with Gasteiger partial charge < -0.3 is 0 Å². The Labute approximate surface area is 117 Å². The van der Waals surface area contributed by atoms with Crippen molar-refractivity contribution in [1.29, 1.82) is 0 Å². The van der Waals surface area contributed by atoms with Gasteiger partial charge in [-0.2, -0.15) is 0 Å². The zero-order chi connectivity index (χ0) is 14.0. The van der Waals surface area contributed by atoms with E-state index in [0.29, 0.717) is 15.7 Å². The molecule has 0 atom stereocenters. The molecule has 0 aliphatic rings. The molecule has 1 aromatic carbocycles. The van der Waals surface area contributed by atoms with E-state index in [-0.39, 0.29) is 17.8 Å². The maximum absolute atomic E-state index is 11.7. The molecule has 0 bridgehead atoms. The van der Waals surface area contributed by atoms with Gasteiger partial charge >= 0.3 is 0 Å². The van der Waals surface area contributed by atoms with E-state index in [4.69, 9.17) is 0 Å². The van der Waals surface area contributed by atoms with Gasteiger partial charge in [-0.25, -0.2) is 4.98 Å². The zero-order valence-electron chi connectivity index (χ0n) is 10.0. The summed E-state index contributed by atoms with van der Waals surface area (Å²) in [6.45, 7) is 1.98. The Bertz CT molecular complexity index is 697. The van der Waals surface area contributed by atoms with Crippen molar-refractivity contribution in [3.8, 4) is 0 Å². The van der Waals surface area contributed by atoms with Gasteiger partial charge in [-0.15, -0.1) is 0 Å². The second kappa shape index (κ2) is 5.31. The second-order valence-electron chi connectivity index (χ2n) is 4.04. The molecule has 7 heteroatoms. The Balaban J connectivity index is 2.36. The minimum atomic E-state index is -0.469. The summed E-state index contributed by atoms with van der Waals surface area (Å²) in [5.74, 6) is 0. The van der Waals surface area contributed by atoms with E-state index in [1.54, 1.807) is 19.1 Å². The zero-order valence-corrected chi connectivity index (χ0v) is 11.6. The van der Waals surface area contributed by atoms with Gasteiger partial charge in [-0.05, 0) is 34.5 Å². The van der Waals surface area contributed by atoms with Gasteiger partial charge in [-0.3, -0.25) is 19.5 Å². The summed E-state index contributed by atoms with van der Waals surface area (Å²) < 4.78 is 1.82. The molecule has 0 saturated carbocycles. The standard InChI is InChI=1S/C12H10BrN3O3/c1-8-4-12(17)15(7-14-8)6-9-2-3-10(13)11(5-9)16(18)19/h2-5,7H,6H2,1H3. The first-order valence-corrected chi connectivity index (χ1v) is 6.22. The minimum absolute atomic E-state index is 0.0226. The average molecular weight is 324 g/mol. The number of nitrogens with zero attached hydrogens (tertiary/aromatic N) is 3. The van der Waals surface area contributed by atoms with Crippen molar-refractivity contribution in [1.82, 2.24) is 9.55 Å². The molecule has 0 fully saturated rings. The minimum Gasteiger partial charge on any atom is -0.295 e. The molecule has 98 valence electrons. The van der Waals surface area contributed by atoms with E-state index in [1.807, 2.05) is 0 Å². The molecule has 0 aliphatic heterocycles. The third kappa shape index (κ3) is 3.05. The van der Waals surface area contributed by atoms with Crippen molar-refractivity contribution >= 4 is 21.6 Å². The van der Waals surface area contributed by atoms with Crippen molar-refractivity contribution in [3.63, 3.8) is 0 Å². The van der Waals surface area contributed by atoms with Crippen LogP contribution in [0.3, 0.4) is 0 Å². The second-order valence-corrected chi connectivity index (χ2v) is 4.89. The van der Waals surface area contributed by atoms with Crippen LogP contribution in [0.1, 0.15) is 11.3 Å². The molecule has 0 N–H and O–H groups in total. The third-order valence-corrected chi connectivity index (χ3v) is 3.25. The van der Waals surface area contributed by atoms with Crippen LogP contribution in [0.25, 0.3) is 0 Å². The van der Waals surface area contributed by atoms with Crippen molar-refractivity contribution in [2.24, 2.45) is 0 Å². The lowest BCUT2D eigenvalue weighted by molar-refractivity contribution is -0.385. The predicted molar refractivity (Wildman–Crippen MR) is 73.1 cm³/mol. The van der Waals surface area contributed by atoms with Crippen molar-refractivity contribution in [2.45, 2.75) is 13.5 Å². The van der Waals surface area contributed by atoms with Crippen LogP contribution < -0.4 is 5.56 Å². The maximum atomic E-state index is 11.7. The van der Waals surface area contributed by atoms with Crippen LogP contribution >= 0.6 is 15.9 Å². The number of benzene rings is 1. The lowest BCUT2D eigenvalue weighted by Crippen LogP contribution is -2.20. The number of nitro benzene ring substituents is 1. The molecule has 1 aromatic heterocycles. The first kappa shape index (κ1) is 13.4. The molecule has 0 unspecified atom stereocenters. The largest absolute Gasteiger partial charge is 0.295 e. The highest BCUT2D eigenvalue weighted by molar-refractivity contribution is 9.10. The topological polar surface area (TPSA) is 78.0 Å². The number of aromatic nitrogens is 2. The highest BCUT2D eigenvalue weighted by Crippen LogP contribution is 2.25. The molecule has 2 rings (SSSR count). The number of halogens is 1. The van der Waals surface area contributed by atoms with Gasteiger partial charge in [0, 0.05) is 17.8 Å².